The fourth-order valence-electron chi connectivity index (χ4n) is 0.864. The second-order valence-electron chi connectivity index (χ2n) is 2.31. The number of hydrogen-bond donors (Lipinski definition) is 1. The van der Waals surface area contributed by atoms with Crippen LogP contribution in [0.5, 0.6) is 0 Å². The first-order chi connectivity index (χ1) is 6.70. The van der Waals surface area contributed by atoms with Crippen LogP contribution in [0.25, 0.3) is 0 Å². The lowest BCUT2D eigenvalue weighted by molar-refractivity contribution is 0.0519. The van der Waals surface area contributed by atoms with Gasteiger partial charge >= 0.3 is 5.97 Å². The molecule has 0 aliphatic heterocycles. The van der Waals surface area contributed by atoms with Crippen LogP contribution in [0.3, 0.4) is 0 Å². The number of nitrogens with two attached hydrogens (primary N) is 1. The van der Waals surface area contributed by atoms with Crippen LogP contribution in [-0.4, -0.2) is 22.5 Å². The predicted octanol–water partition coefficient (Wildman–Crippen LogP) is 0.107. The van der Waals surface area contributed by atoms with Crippen molar-refractivity contribution in [2.24, 2.45) is 0 Å². The summed E-state index contributed by atoms with van der Waals surface area (Å²) in [5, 5.41) is 8.70. The van der Waals surface area contributed by atoms with Gasteiger partial charge in [-0.25, -0.2) is 14.8 Å². The number of rotatable bonds is 2. The quantitative estimate of drug-likeness (QED) is 0.667. The van der Waals surface area contributed by atoms with Crippen LogP contribution in [0.15, 0.2) is 6.33 Å². The summed E-state index contributed by atoms with van der Waals surface area (Å²) in [6.45, 7) is 1.88. The number of hydrogen-bond acceptors (Lipinski definition) is 6. The van der Waals surface area contributed by atoms with E-state index in [1.165, 1.54) is 0 Å². The Morgan fingerprint density at radius 3 is 3.00 bits per heavy atom. The van der Waals surface area contributed by atoms with Gasteiger partial charge in [0.05, 0.1) is 6.61 Å². The monoisotopic (exact) mass is 192 g/mol. The fourth-order valence-corrected chi connectivity index (χ4v) is 0.864. The van der Waals surface area contributed by atoms with Gasteiger partial charge in [0.2, 0.25) is 0 Å². The van der Waals surface area contributed by atoms with Crippen molar-refractivity contribution in [1.29, 1.82) is 5.26 Å². The minimum absolute atomic E-state index is 0.0226. The van der Waals surface area contributed by atoms with Crippen molar-refractivity contribution in [1.82, 2.24) is 9.97 Å². The summed E-state index contributed by atoms with van der Waals surface area (Å²) in [6, 6.07) is 1.75. The number of nitrogens with zero attached hydrogens (tertiary/aromatic N) is 3. The molecule has 0 spiro atoms. The van der Waals surface area contributed by atoms with Gasteiger partial charge in [0.25, 0.3) is 0 Å². The molecule has 0 saturated carbocycles. The highest BCUT2D eigenvalue weighted by atomic mass is 16.5. The number of nitriles is 1. The number of ether oxygens (including phenoxy) is 1. The second-order valence-corrected chi connectivity index (χ2v) is 2.31. The highest BCUT2D eigenvalue weighted by Gasteiger charge is 2.16. The Morgan fingerprint density at radius 2 is 2.43 bits per heavy atom. The third-order valence-corrected chi connectivity index (χ3v) is 1.46. The maximum atomic E-state index is 11.3. The zero-order valence-electron chi connectivity index (χ0n) is 7.52. The maximum absolute atomic E-state index is 11.3. The van der Waals surface area contributed by atoms with Gasteiger partial charge in [0.1, 0.15) is 23.8 Å². The molecule has 0 aromatic carbocycles. The van der Waals surface area contributed by atoms with Crippen LogP contribution < -0.4 is 5.73 Å². The molecular weight excluding hydrogens is 184 g/mol. The van der Waals surface area contributed by atoms with Crippen molar-refractivity contribution in [3.63, 3.8) is 0 Å². The van der Waals surface area contributed by atoms with Gasteiger partial charge in [-0.1, -0.05) is 0 Å². The molecular formula is C8H8N4O2. The third kappa shape index (κ3) is 1.77. The Balaban J connectivity index is 3.15. The molecule has 1 rings (SSSR count). The summed E-state index contributed by atoms with van der Waals surface area (Å²) in [4.78, 5) is 18.5. The minimum atomic E-state index is -0.668. The van der Waals surface area contributed by atoms with E-state index in [9.17, 15) is 4.79 Å². The highest BCUT2D eigenvalue weighted by Crippen LogP contribution is 2.11. The van der Waals surface area contributed by atoms with E-state index in [4.69, 9.17) is 11.0 Å². The summed E-state index contributed by atoms with van der Waals surface area (Å²) in [7, 11) is 0. The zero-order valence-corrected chi connectivity index (χ0v) is 7.52. The average Bonchev–Trinajstić information content (AvgIpc) is 2.17. The molecule has 2 N–H and O–H groups in total. The van der Waals surface area contributed by atoms with Crippen LogP contribution in [0.1, 0.15) is 23.0 Å². The van der Waals surface area contributed by atoms with Crippen molar-refractivity contribution in [2.45, 2.75) is 6.92 Å². The molecule has 0 radical (unpaired) electrons. The first-order valence-corrected chi connectivity index (χ1v) is 3.88. The van der Waals surface area contributed by atoms with Gasteiger partial charge in [-0.3, -0.25) is 0 Å². The summed E-state index contributed by atoms with van der Waals surface area (Å²) in [5.74, 6) is -0.691. The smallest absolute Gasteiger partial charge is 0.358 e. The topological polar surface area (TPSA) is 102 Å². The van der Waals surface area contributed by atoms with Crippen LogP contribution in [0.2, 0.25) is 0 Å². The molecule has 0 aliphatic carbocycles. The molecule has 0 saturated heterocycles. The Kier molecular flexibility index (Phi) is 2.97. The molecule has 0 amide bonds. The number of anilines is 1. The van der Waals surface area contributed by atoms with Crippen molar-refractivity contribution >= 4 is 11.8 Å². The number of carbonyl (C=O) groups is 1. The van der Waals surface area contributed by atoms with E-state index < -0.39 is 5.97 Å². The first-order valence-electron chi connectivity index (χ1n) is 3.88. The number of carbonyl (C=O) groups excluding carboxylic acids is 1. The SMILES string of the molecule is CCOC(=O)c1ncnc(N)c1C#N. The molecule has 0 fully saturated rings. The van der Waals surface area contributed by atoms with E-state index in [-0.39, 0.29) is 23.7 Å². The fraction of sp³-hybridized carbons (Fsp3) is 0.250. The summed E-state index contributed by atoms with van der Waals surface area (Å²) in [6.07, 6.45) is 1.11. The van der Waals surface area contributed by atoms with Gasteiger partial charge in [0, 0.05) is 0 Å². The van der Waals surface area contributed by atoms with Gasteiger partial charge < -0.3 is 10.5 Å². The van der Waals surface area contributed by atoms with E-state index in [0.717, 1.165) is 6.33 Å². The molecule has 72 valence electrons. The van der Waals surface area contributed by atoms with Gasteiger partial charge in [-0.05, 0) is 6.92 Å². The standard InChI is InChI=1S/C8H8N4O2/c1-2-14-8(13)6-5(3-9)7(10)12-4-11-6/h4H,2H2,1H3,(H2,10,11,12). The Bertz CT molecular complexity index is 397. The molecule has 6 heteroatoms. The van der Waals surface area contributed by atoms with Gasteiger partial charge in [-0.2, -0.15) is 5.26 Å². The summed E-state index contributed by atoms with van der Waals surface area (Å²) in [5.41, 5.74) is 5.24. The number of aromatic nitrogens is 2. The molecule has 1 aromatic heterocycles. The van der Waals surface area contributed by atoms with E-state index >= 15 is 0 Å². The molecule has 14 heavy (non-hydrogen) atoms. The average molecular weight is 192 g/mol. The van der Waals surface area contributed by atoms with Gasteiger partial charge in [-0.15, -0.1) is 0 Å². The van der Waals surface area contributed by atoms with Crippen LogP contribution in [0.4, 0.5) is 5.82 Å². The Hall–Kier alpha value is -2.16. The molecule has 0 aliphatic rings. The molecule has 0 unspecified atom stereocenters. The van der Waals surface area contributed by atoms with E-state index in [1.54, 1.807) is 13.0 Å². The highest BCUT2D eigenvalue weighted by molar-refractivity contribution is 5.91. The molecule has 0 atom stereocenters. The molecule has 6 nitrogen and oxygen atoms in total. The first kappa shape index (κ1) is 9.92. The number of nitrogen functional groups attached to an aromatic ring is 1. The Morgan fingerprint density at radius 1 is 1.71 bits per heavy atom. The van der Waals surface area contributed by atoms with Crippen molar-refractivity contribution in [2.75, 3.05) is 12.3 Å². The van der Waals surface area contributed by atoms with E-state index in [2.05, 4.69) is 14.7 Å². The zero-order chi connectivity index (χ0) is 10.6. The largest absolute Gasteiger partial charge is 0.461 e. The Labute approximate surface area is 80.3 Å². The van der Waals surface area contributed by atoms with Crippen molar-refractivity contribution in [3.8, 4) is 6.07 Å². The lowest BCUT2D eigenvalue weighted by Gasteiger charge is -2.03. The second kappa shape index (κ2) is 4.18. The van der Waals surface area contributed by atoms with Crippen molar-refractivity contribution < 1.29 is 9.53 Å². The van der Waals surface area contributed by atoms with Crippen molar-refractivity contribution in [3.05, 3.63) is 17.6 Å². The van der Waals surface area contributed by atoms with Crippen LogP contribution in [0, 0.1) is 11.3 Å². The van der Waals surface area contributed by atoms with Gasteiger partial charge in [0.15, 0.2) is 5.69 Å². The molecule has 1 heterocycles. The molecule has 0 bridgehead atoms. The maximum Gasteiger partial charge on any atom is 0.358 e. The van der Waals surface area contributed by atoms with E-state index in [1.807, 2.05) is 0 Å². The van der Waals surface area contributed by atoms with Crippen LogP contribution >= 0.6 is 0 Å². The lowest BCUT2D eigenvalue weighted by Crippen LogP contribution is -2.12. The van der Waals surface area contributed by atoms with Crippen LogP contribution in [-0.2, 0) is 4.74 Å². The summed E-state index contributed by atoms with van der Waals surface area (Å²) >= 11 is 0. The summed E-state index contributed by atoms with van der Waals surface area (Å²) < 4.78 is 4.69. The normalized spacial score (nSPS) is 9.14. The minimum Gasteiger partial charge on any atom is -0.461 e. The molecule has 1 aromatic rings. The number of esters is 1. The predicted molar refractivity (Wildman–Crippen MR) is 47.1 cm³/mol. The third-order valence-electron chi connectivity index (χ3n) is 1.46. The van der Waals surface area contributed by atoms with E-state index in [0.29, 0.717) is 0 Å². The lowest BCUT2D eigenvalue weighted by atomic mass is 10.2.